The number of aromatic amines is 1. The van der Waals surface area contributed by atoms with E-state index in [1.807, 2.05) is 59.3 Å². The van der Waals surface area contributed by atoms with Gasteiger partial charge < -0.3 is 5.32 Å². The number of nitrogens with zero attached hydrogens (tertiary/aromatic N) is 4. The Hall–Kier alpha value is -4.26. The Balaban J connectivity index is 1.50. The van der Waals surface area contributed by atoms with E-state index in [9.17, 15) is 4.79 Å². The molecule has 31 heavy (non-hydrogen) atoms. The first-order chi connectivity index (χ1) is 15.2. The minimum Gasteiger partial charge on any atom is -0.307 e. The Labute approximate surface area is 178 Å². The Morgan fingerprint density at radius 1 is 0.935 bits per heavy atom. The molecule has 0 atom stereocenters. The molecule has 0 aliphatic rings. The first kappa shape index (κ1) is 18.7. The minimum absolute atomic E-state index is 0.226. The highest BCUT2D eigenvalue weighted by Gasteiger charge is 2.15. The predicted octanol–water partition coefficient (Wildman–Crippen LogP) is 4.43. The van der Waals surface area contributed by atoms with E-state index < -0.39 is 0 Å². The monoisotopic (exact) mass is 408 g/mol. The topological polar surface area (TPSA) is 88.5 Å². The van der Waals surface area contributed by atoms with Crippen molar-refractivity contribution in [2.24, 2.45) is 0 Å². The molecule has 5 aromatic rings. The number of hydrogen-bond donors (Lipinski definition) is 2. The summed E-state index contributed by atoms with van der Waals surface area (Å²) in [6.07, 6.45) is 0. The lowest BCUT2D eigenvalue weighted by molar-refractivity contribution is 0.102. The van der Waals surface area contributed by atoms with Crippen LogP contribution in [0.15, 0.2) is 78.9 Å². The molecule has 0 unspecified atom stereocenters. The van der Waals surface area contributed by atoms with Gasteiger partial charge in [-0.3, -0.25) is 4.79 Å². The van der Waals surface area contributed by atoms with E-state index in [-0.39, 0.29) is 5.91 Å². The van der Waals surface area contributed by atoms with Gasteiger partial charge in [0, 0.05) is 17.2 Å². The van der Waals surface area contributed by atoms with Crippen molar-refractivity contribution in [2.75, 3.05) is 5.32 Å². The molecule has 0 aliphatic heterocycles. The number of carbonyl (C=O) groups excluding carboxylic acids is 1. The number of carbonyl (C=O) groups is 1. The van der Waals surface area contributed by atoms with Gasteiger partial charge in [-0.1, -0.05) is 54.6 Å². The van der Waals surface area contributed by atoms with Crippen molar-refractivity contribution < 1.29 is 4.79 Å². The molecular formula is C24H20N6O. The molecule has 2 heterocycles. The van der Waals surface area contributed by atoms with Gasteiger partial charge in [-0.05, 0) is 36.2 Å². The number of fused-ring (bicyclic) bond motifs is 1. The van der Waals surface area contributed by atoms with E-state index in [1.165, 1.54) is 0 Å². The van der Waals surface area contributed by atoms with Crippen LogP contribution in [0.1, 0.15) is 21.5 Å². The summed E-state index contributed by atoms with van der Waals surface area (Å²) in [5.74, 6) is 0.405. The van der Waals surface area contributed by atoms with Crippen LogP contribution in [0.3, 0.4) is 0 Å². The van der Waals surface area contributed by atoms with E-state index in [2.05, 4.69) is 33.7 Å². The first-order valence-corrected chi connectivity index (χ1v) is 9.97. The lowest BCUT2D eigenvalue weighted by Gasteiger charge is -2.09. The second-order valence-corrected chi connectivity index (χ2v) is 7.35. The van der Waals surface area contributed by atoms with Crippen LogP contribution < -0.4 is 5.32 Å². The largest absolute Gasteiger partial charge is 0.307 e. The molecule has 2 N–H and O–H groups in total. The lowest BCUT2D eigenvalue weighted by Crippen LogP contribution is -2.16. The zero-order valence-corrected chi connectivity index (χ0v) is 16.9. The Morgan fingerprint density at radius 2 is 1.71 bits per heavy atom. The molecule has 3 aromatic carbocycles. The van der Waals surface area contributed by atoms with Crippen molar-refractivity contribution in [3.8, 4) is 11.3 Å². The van der Waals surface area contributed by atoms with Gasteiger partial charge in [0.15, 0.2) is 0 Å². The molecule has 0 aliphatic carbocycles. The third-order valence-electron chi connectivity index (χ3n) is 5.20. The van der Waals surface area contributed by atoms with Crippen LogP contribution in [0.4, 0.5) is 5.82 Å². The number of H-pyrrole nitrogens is 1. The van der Waals surface area contributed by atoms with Crippen molar-refractivity contribution in [3.05, 3.63) is 95.6 Å². The highest BCUT2D eigenvalue weighted by molar-refractivity contribution is 6.05. The van der Waals surface area contributed by atoms with Crippen molar-refractivity contribution >= 4 is 22.8 Å². The van der Waals surface area contributed by atoms with Crippen molar-refractivity contribution in [1.82, 2.24) is 25.2 Å². The number of rotatable bonds is 5. The SMILES string of the molecule is Cc1ccccc1-c1cc(NC(=O)c2ccc3n[nH]nc3c2)n(Cc2ccccc2)n1. The summed E-state index contributed by atoms with van der Waals surface area (Å²) in [5, 5.41) is 18.5. The molecule has 0 saturated heterocycles. The standard InChI is InChI=1S/C24H20N6O/c1-16-7-5-6-10-19(16)21-14-23(30(28-21)15-17-8-3-2-4-9-17)25-24(31)18-11-12-20-22(13-18)27-29-26-20/h2-14H,15H2,1H3,(H,25,31)(H,26,27,29). The molecule has 0 bridgehead atoms. The zero-order valence-electron chi connectivity index (χ0n) is 16.9. The van der Waals surface area contributed by atoms with Crippen molar-refractivity contribution in [3.63, 3.8) is 0 Å². The molecule has 7 nitrogen and oxygen atoms in total. The molecule has 0 radical (unpaired) electrons. The average Bonchev–Trinajstić information content (AvgIpc) is 3.41. The summed E-state index contributed by atoms with van der Waals surface area (Å²) in [7, 11) is 0. The van der Waals surface area contributed by atoms with Crippen molar-refractivity contribution in [1.29, 1.82) is 0 Å². The van der Waals surface area contributed by atoms with E-state index in [0.717, 1.165) is 22.4 Å². The smallest absolute Gasteiger partial charge is 0.256 e. The van der Waals surface area contributed by atoms with Crippen LogP contribution in [-0.2, 0) is 6.54 Å². The van der Waals surface area contributed by atoms with E-state index in [4.69, 9.17) is 5.10 Å². The molecule has 152 valence electrons. The summed E-state index contributed by atoms with van der Waals surface area (Å²) in [6, 6.07) is 25.3. The Bertz CT molecular complexity index is 1370. The number of benzene rings is 3. The van der Waals surface area contributed by atoms with Gasteiger partial charge in [-0.15, -0.1) is 0 Å². The normalized spacial score (nSPS) is 11.0. The second kappa shape index (κ2) is 7.87. The van der Waals surface area contributed by atoms with E-state index in [0.29, 0.717) is 29.0 Å². The highest BCUT2D eigenvalue weighted by atomic mass is 16.1. The maximum Gasteiger partial charge on any atom is 0.256 e. The van der Waals surface area contributed by atoms with Crippen LogP contribution in [-0.4, -0.2) is 31.1 Å². The molecule has 0 fully saturated rings. The van der Waals surface area contributed by atoms with Gasteiger partial charge >= 0.3 is 0 Å². The molecule has 2 aromatic heterocycles. The molecule has 1 amide bonds. The van der Waals surface area contributed by atoms with Crippen molar-refractivity contribution in [2.45, 2.75) is 13.5 Å². The van der Waals surface area contributed by atoms with Crippen LogP contribution in [0.2, 0.25) is 0 Å². The maximum absolute atomic E-state index is 13.0. The third kappa shape index (κ3) is 3.81. The Kier molecular flexibility index (Phi) is 4.76. The van der Waals surface area contributed by atoms with Gasteiger partial charge in [-0.2, -0.15) is 20.5 Å². The fourth-order valence-corrected chi connectivity index (χ4v) is 3.56. The molecule has 7 heteroatoms. The van der Waals surface area contributed by atoms with E-state index in [1.54, 1.807) is 18.2 Å². The first-order valence-electron chi connectivity index (χ1n) is 9.97. The fourth-order valence-electron chi connectivity index (χ4n) is 3.56. The minimum atomic E-state index is -0.226. The van der Waals surface area contributed by atoms with Crippen LogP contribution in [0.5, 0.6) is 0 Å². The highest BCUT2D eigenvalue weighted by Crippen LogP contribution is 2.26. The van der Waals surface area contributed by atoms with Gasteiger partial charge in [0.1, 0.15) is 16.9 Å². The Morgan fingerprint density at radius 3 is 2.55 bits per heavy atom. The summed E-state index contributed by atoms with van der Waals surface area (Å²) in [6.45, 7) is 2.60. The number of anilines is 1. The number of aryl methyl sites for hydroxylation is 1. The number of nitrogens with one attached hydrogen (secondary N) is 2. The molecule has 0 saturated carbocycles. The van der Waals surface area contributed by atoms with Gasteiger partial charge in [0.2, 0.25) is 0 Å². The molecule has 5 rings (SSSR count). The molecule has 0 spiro atoms. The summed E-state index contributed by atoms with van der Waals surface area (Å²) < 4.78 is 1.82. The van der Waals surface area contributed by atoms with Gasteiger partial charge in [0.05, 0.1) is 12.2 Å². The van der Waals surface area contributed by atoms with Crippen LogP contribution >= 0.6 is 0 Å². The average molecular weight is 408 g/mol. The quantitative estimate of drug-likeness (QED) is 0.450. The summed E-state index contributed by atoms with van der Waals surface area (Å²) in [4.78, 5) is 13.0. The number of aromatic nitrogens is 5. The molecular weight excluding hydrogens is 388 g/mol. The number of amides is 1. The van der Waals surface area contributed by atoms with Gasteiger partial charge in [-0.25, -0.2) is 4.68 Å². The van der Waals surface area contributed by atoms with Crippen LogP contribution in [0, 0.1) is 6.92 Å². The summed E-state index contributed by atoms with van der Waals surface area (Å²) >= 11 is 0. The van der Waals surface area contributed by atoms with Crippen LogP contribution in [0.25, 0.3) is 22.3 Å². The second-order valence-electron chi connectivity index (χ2n) is 7.35. The fraction of sp³-hybridized carbons (Fsp3) is 0.0833. The lowest BCUT2D eigenvalue weighted by atomic mass is 10.1. The maximum atomic E-state index is 13.0. The zero-order chi connectivity index (χ0) is 21.2. The summed E-state index contributed by atoms with van der Waals surface area (Å²) in [5.41, 5.74) is 5.94. The third-order valence-corrected chi connectivity index (χ3v) is 5.20. The van der Waals surface area contributed by atoms with E-state index >= 15 is 0 Å². The van der Waals surface area contributed by atoms with Gasteiger partial charge in [0.25, 0.3) is 5.91 Å². The predicted molar refractivity (Wildman–Crippen MR) is 120 cm³/mol. The number of hydrogen-bond acceptors (Lipinski definition) is 4.